The van der Waals surface area contributed by atoms with Gasteiger partial charge in [0.05, 0.1) is 5.52 Å². The van der Waals surface area contributed by atoms with Gasteiger partial charge in [0.2, 0.25) is 0 Å². The Bertz CT molecular complexity index is 553. The zero-order valence-corrected chi connectivity index (χ0v) is 12.6. The summed E-state index contributed by atoms with van der Waals surface area (Å²) < 4.78 is 0. The van der Waals surface area contributed by atoms with E-state index in [2.05, 4.69) is 57.2 Å². The van der Waals surface area contributed by atoms with Gasteiger partial charge in [0.1, 0.15) is 5.82 Å². The number of pyridine rings is 1. The molecule has 0 aliphatic carbocycles. The Kier molecular flexibility index (Phi) is 4.02. The fourth-order valence-electron chi connectivity index (χ4n) is 2.94. The third-order valence-electron chi connectivity index (χ3n) is 3.95. The van der Waals surface area contributed by atoms with Crippen LogP contribution in [-0.2, 0) is 0 Å². The predicted molar refractivity (Wildman–Crippen MR) is 85.1 cm³/mol. The molecule has 1 aliphatic rings. The van der Waals surface area contributed by atoms with Crippen molar-refractivity contribution in [3.63, 3.8) is 0 Å². The molecule has 0 spiro atoms. The number of benzene rings is 1. The second-order valence-electron chi connectivity index (χ2n) is 5.18. The first-order valence-electron chi connectivity index (χ1n) is 7.07. The van der Waals surface area contributed by atoms with E-state index in [4.69, 9.17) is 4.98 Å². The molecule has 2 aromatic rings. The molecule has 100 valence electrons. The molecule has 0 saturated carbocycles. The molecule has 1 unspecified atom stereocenters. The van der Waals surface area contributed by atoms with E-state index in [-0.39, 0.29) is 0 Å². The van der Waals surface area contributed by atoms with Crippen molar-refractivity contribution in [2.75, 3.05) is 16.8 Å². The number of hydrogen-bond acceptors (Lipinski definition) is 2. The Morgan fingerprint density at radius 3 is 2.95 bits per heavy atom. The van der Waals surface area contributed by atoms with Crippen molar-refractivity contribution in [1.29, 1.82) is 0 Å². The maximum atomic E-state index is 4.84. The number of anilines is 1. The zero-order chi connectivity index (χ0) is 13.1. The molecule has 1 aromatic carbocycles. The molecule has 1 saturated heterocycles. The summed E-state index contributed by atoms with van der Waals surface area (Å²) in [5.41, 5.74) is 1.10. The normalized spacial score (nSPS) is 19.8. The van der Waals surface area contributed by atoms with Crippen molar-refractivity contribution in [2.45, 2.75) is 31.7 Å². The standard InChI is InChI=1S/C16H19BrN2/c17-11-10-14-6-3-4-12-19(14)16-9-8-13-5-1-2-7-15(13)18-16/h1-2,5,7-9,14H,3-4,6,10-12H2. The Balaban J connectivity index is 1.92. The summed E-state index contributed by atoms with van der Waals surface area (Å²) in [6.45, 7) is 1.14. The molecule has 1 aliphatic heterocycles. The van der Waals surface area contributed by atoms with E-state index in [1.165, 1.54) is 31.1 Å². The van der Waals surface area contributed by atoms with Gasteiger partial charge in [0, 0.05) is 23.3 Å². The molecule has 2 nitrogen and oxygen atoms in total. The number of para-hydroxylation sites is 1. The molecular formula is C16H19BrN2. The van der Waals surface area contributed by atoms with Crippen LogP contribution in [0.25, 0.3) is 10.9 Å². The summed E-state index contributed by atoms with van der Waals surface area (Å²) in [6, 6.07) is 13.4. The van der Waals surface area contributed by atoms with Crippen molar-refractivity contribution >= 4 is 32.7 Å². The van der Waals surface area contributed by atoms with Crippen LogP contribution in [0.5, 0.6) is 0 Å². The molecule has 3 heteroatoms. The van der Waals surface area contributed by atoms with Crippen molar-refractivity contribution in [2.24, 2.45) is 0 Å². The Labute approximate surface area is 123 Å². The number of fused-ring (bicyclic) bond motifs is 1. The smallest absolute Gasteiger partial charge is 0.129 e. The van der Waals surface area contributed by atoms with Crippen molar-refractivity contribution in [3.05, 3.63) is 36.4 Å². The number of rotatable bonds is 3. The van der Waals surface area contributed by atoms with Gasteiger partial charge in [-0.25, -0.2) is 4.98 Å². The molecule has 0 N–H and O–H groups in total. The molecule has 1 aromatic heterocycles. The summed E-state index contributed by atoms with van der Waals surface area (Å²) in [5, 5.41) is 2.29. The number of piperidine rings is 1. The first-order chi connectivity index (χ1) is 9.38. The zero-order valence-electron chi connectivity index (χ0n) is 11.1. The SMILES string of the molecule is BrCCC1CCCCN1c1ccc2ccccc2n1. The molecule has 3 rings (SSSR count). The minimum Gasteiger partial charge on any atom is -0.354 e. The van der Waals surface area contributed by atoms with Crippen molar-refractivity contribution < 1.29 is 0 Å². The molecule has 0 radical (unpaired) electrons. The lowest BCUT2D eigenvalue weighted by atomic mass is 10.00. The number of aromatic nitrogens is 1. The lowest BCUT2D eigenvalue weighted by Crippen LogP contribution is -2.40. The van der Waals surface area contributed by atoms with Crippen LogP contribution in [0.1, 0.15) is 25.7 Å². The highest BCUT2D eigenvalue weighted by atomic mass is 79.9. The fraction of sp³-hybridized carbons (Fsp3) is 0.438. The van der Waals surface area contributed by atoms with Gasteiger partial charge in [-0.2, -0.15) is 0 Å². The number of nitrogens with zero attached hydrogens (tertiary/aromatic N) is 2. The van der Waals surface area contributed by atoms with Gasteiger partial charge in [-0.1, -0.05) is 34.1 Å². The van der Waals surface area contributed by atoms with Gasteiger partial charge < -0.3 is 4.90 Å². The summed E-state index contributed by atoms with van der Waals surface area (Å²) in [5.74, 6) is 1.14. The van der Waals surface area contributed by atoms with Crippen LogP contribution in [-0.4, -0.2) is 22.9 Å². The summed E-state index contributed by atoms with van der Waals surface area (Å²) in [6.07, 6.45) is 5.13. The van der Waals surface area contributed by atoms with Gasteiger partial charge in [-0.15, -0.1) is 0 Å². The highest BCUT2D eigenvalue weighted by Gasteiger charge is 2.22. The number of alkyl halides is 1. The summed E-state index contributed by atoms with van der Waals surface area (Å²) >= 11 is 3.58. The van der Waals surface area contributed by atoms with Crippen LogP contribution < -0.4 is 4.90 Å². The summed E-state index contributed by atoms with van der Waals surface area (Å²) in [7, 11) is 0. The van der Waals surface area contributed by atoms with E-state index < -0.39 is 0 Å². The maximum absolute atomic E-state index is 4.84. The minimum atomic E-state index is 0.641. The third-order valence-corrected chi connectivity index (χ3v) is 4.41. The highest BCUT2D eigenvalue weighted by Crippen LogP contribution is 2.27. The number of halogens is 1. The Morgan fingerprint density at radius 1 is 1.16 bits per heavy atom. The molecular weight excluding hydrogens is 300 g/mol. The molecule has 1 fully saturated rings. The third kappa shape index (κ3) is 2.76. The molecule has 19 heavy (non-hydrogen) atoms. The molecule has 1 atom stereocenters. The van der Waals surface area contributed by atoms with E-state index in [0.29, 0.717) is 6.04 Å². The van der Waals surface area contributed by atoms with Crippen molar-refractivity contribution in [1.82, 2.24) is 4.98 Å². The monoisotopic (exact) mass is 318 g/mol. The Hall–Kier alpha value is -1.09. The van der Waals surface area contributed by atoms with E-state index >= 15 is 0 Å². The predicted octanol–water partition coefficient (Wildman–Crippen LogP) is 4.38. The minimum absolute atomic E-state index is 0.641. The van der Waals surface area contributed by atoms with Gasteiger partial charge >= 0.3 is 0 Å². The largest absolute Gasteiger partial charge is 0.354 e. The van der Waals surface area contributed by atoms with Gasteiger partial charge in [-0.05, 0) is 43.9 Å². The van der Waals surface area contributed by atoms with Crippen LogP contribution >= 0.6 is 15.9 Å². The quantitative estimate of drug-likeness (QED) is 0.781. The van der Waals surface area contributed by atoms with Crippen LogP contribution in [0.15, 0.2) is 36.4 Å². The second-order valence-corrected chi connectivity index (χ2v) is 5.98. The highest BCUT2D eigenvalue weighted by molar-refractivity contribution is 9.09. The summed E-state index contributed by atoms with van der Waals surface area (Å²) in [4.78, 5) is 7.34. The first kappa shape index (κ1) is 12.9. The van der Waals surface area contributed by atoms with Crippen LogP contribution in [0.2, 0.25) is 0 Å². The average Bonchev–Trinajstić information content (AvgIpc) is 2.48. The Morgan fingerprint density at radius 2 is 2.05 bits per heavy atom. The lowest BCUT2D eigenvalue weighted by molar-refractivity contribution is 0.450. The van der Waals surface area contributed by atoms with E-state index in [9.17, 15) is 0 Å². The van der Waals surface area contributed by atoms with Crippen LogP contribution in [0.4, 0.5) is 5.82 Å². The van der Waals surface area contributed by atoms with E-state index in [1.807, 2.05) is 0 Å². The van der Waals surface area contributed by atoms with Crippen molar-refractivity contribution in [3.8, 4) is 0 Å². The van der Waals surface area contributed by atoms with Crippen LogP contribution in [0, 0.1) is 0 Å². The number of hydrogen-bond donors (Lipinski definition) is 0. The van der Waals surface area contributed by atoms with Gasteiger partial charge in [0.15, 0.2) is 0 Å². The van der Waals surface area contributed by atoms with Gasteiger partial charge in [-0.3, -0.25) is 0 Å². The fourth-order valence-corrected chi connectivity index (χ4v) is 3.47. The molecule has 2 heterocycles. The lowest BCUT2D eigenvalue weighted by Gasteiger charge is -2.36. The molecule has 0 bridgehead atoms. The molecule has 0 amide bonds. The first-order valence-corrected chi connectivity index (χ1v) is 8.19. The van der Waals surface area contributed by atoms with Crippen LogP contribution in [0.3, 0.4) is 0 Å². The van der Waals surface area contributed by atoms with E-state index in [0.717, 1.165) is 23.2 Å². The van der Waals surface area contributed by atoms with E-state index in [1.54, 1.807) is 0 Å². The maximum Gasteiger partial charge on any atom is 0.129 e. The average molecular weight is 319 g/mol. The second kappa shape index (κ2) is 5.91. The topological polar surface area (TPSA) is 16.1 Å². The van der Waals surface area contributed by atoms with Gasteiger partial charge in [0.25, 0.3) is 0 Å².